The van der Waals surface area contributed by atoms with Crippen LogP contribution in [0.25, 0.3) is 10.9 Å². The third-order valence-electron chi connectivity index (χ3n) is 7.35. The number of nitrogens with zero attached hydrogens (tertiary/aromatic N) is 5. The standard InChI is InChI=1S/C32H36N6O2/c1-22(2)26-15-13-25(14-16-26)21-37(20-24-10-6-5-7-11-24)30(31-34-35-36-38(31)17-18-40-4)28-19-27-12-8-9-23(3)29(27)33-32(28)39/h5-16,19,22,30H,17-18,20-21H2,1-4H3,(H,33,39). The van der Waals surface area contributed by atoms with Crippen molar-refractivity contribution in [3.8, 4) is 0 Å². The van der Waals surface area contributed by atoms with Crippen molar-refractivity contribution in [1.29, 1.82) is 0 Å². The second-order valence-corrected chi connectivity index (χ2v) is 10.5. The van der Waals surface area contributed by atoms with Crippen molar-refractivity contribution < 1.29 is 4.74 Å². The number of para-hydroxylation sites is 1. The topological polar surface area (TPSA) is 88.9 Å². The second kappa shape index (κ2) is 12.4. The van der Waals surface area contributed by atoms with Gasteiger partial charge >= 0.3 is 0 Å². The lowest BCUT2D eigenvalue weighted by atomic mass is 9.99. The van der Waals surface area contributed by atoms with Gasteiger partial charge in [0.2, 0.25) is 0 Å². The molecule has 0 amide bonds. The molecule has 0 aliphatic rings. The molecule has 0 saturated carbocycles. The van der Waals surface area contributed by atoms with Gasteiger partial charge < -0.3 is 9.72 Å². The summed E-state index contributed by atoms with van der Waals surface area (Å²) in [6.45, 7) is 8.51. The fourth-order valence-corrected chi connectivity index (χ4v) is 5.15. The number of H-pyrrole nitrogens is 1. The molecule has 5 rings (SSSR count). The van der Waals surface area contributed by atoms with Crippen molar-refractivity contribution in [1.82, 2.24) is 30.1 Å². The van der Waals surface area contributed by atoms with Gasteiger partial charge in [-0.05, 0) is 57.0 Å². The number of pyridine rings is 1. The van der Waals surface area contributed by atoms with Crippen molar-refractivity contribution >= 4 is 10.9 Å². The van der Waals surface area contributed by atoms with E-state index >= 15 is 0 Å². The van der Waals surface area contributed by atoms with E-state index in [-0.39, 0.29) is 5.56 Å². The summed E-state index contributed by atoms with van der Waals surface area (Å²) in [5, 5.41) is 13.7. The molecular weight excluding hydrogens is 500 g/mol. The molecular formula is C32H36N6O2. The van der Waals surface area contributed by atoms with Crippen LogP contribution in [0.1, 0.15) is 59.4 Å². The van der Waals surface area contributed by atoms with Gasteiger partial charge in [-0.15, -0.1) is 5.10 Å². The Labute approximate surface area is 234 Å². The molecule has 1 N–H and O–H groups in total. The SMILES string of the molecule is COCCn1nnnc1C(c1cc2cccc(C)c2[nH]c1=O)N(Cc1ccccc1)Cc1ccc(C(C)C)cc1. The van der Waals surface area contributed by atoms with E-state index < -0.39 is 6.04 Å². The van der Waals surface area contributed by atoms with E-state index in [0.29, 0.717) is 43.5 Å². The van der Waals surface area contributed by atoms with Crippen LogP contribution < -0.4 is 5.56 Å². The fraction of sp³-hybridized carbons (Fsp3) is 0.312. The van der Waals surface area contributed by atoms with Gasteiger partial charge in [0.05, 0.1) is 18.7 Å². The van der Waals surface area contributed by atoms with E-state index in [4.69, 9.17) is 4.74 Å². The molecule has 2 aromatic heterocycles. The van der Waals surface area contributed by atoms with Crippen molar-refractivity contribution in [3.05, 3.63) is 123 Å². The molecule has 8 heteroatoms. The van der Waals surface area contributed by atoms with Gasteiger partial charge in [-0.1, -0.05) is 86.6 Å². The number of aromatic nitrogens is 5. The predicted octanol–water partition coefficient (Wildman–Crippen LogP) is 5.38. The van der Waals surface area contributed by atoms with Gasteiger partial charge in [0.25, 0.3) is 5.56 Å². The summed E-state index contributed by atoms with van der Waals surface area (Å²) in [7, 11) is 1.65. The molecule has 1 atom stereocenters. The first-order chi connectivity index (χ1) is 19.4. The molecule has 8 nitrogen and oxygen atoms in total. The number of methoxy groups -OCH3 is 1. The van der Waals surface area contributed by atoms with Gasteiger partial charge in [0, 0.05) is 25.8 Å². The number of tetrazole rings is 1. The van der Waals surface area contributed by atoms with Crippen molar-refractivity contribution in [2.75, 3.05) is 13.7 Å². The molecule has 0 aliphatic heterocycles. The molecule has 0 radical (unpaired) electrons. The molecule has 0 spiro atoms. The maximum Gasteiger partial charge on any atom is 0.253 e. The smallest absolute Gasteiger partial charge is 0.253 e. The number of hydrogen-bond donors (Lipinski definition) is 1. The molecule has 3 aromatic carbocycles. The number of hydrogen-bond acceptors (Lipinski definition) is 6. The normalized spacial score (nSPS) is 12.4. The maximum atomic E-state index is 13.8. The largest absolute Gasteiger partial charge is 0.383 e. The lowest BCUT2D eigenvalue weighted by Crippen LogP contribution is -2.35. The fourth-order valence-electron chi connectivity index (χ4n) is 5.15. The van der Waals surface area contributed by atoms with Crippen LogP contribution in [0, 0.1) is 6.92 Å². The van der Waals surface area contributed by atoms with Gasteiger partial charge in [-0.25, -0.2) is 4.68 Å². The first-order valence-electron chi connectivity index (χ1n) is 13.7. The highest BCUT2D eigenvalue weighted by Crippen LogP contribution is 2.31. The van der Waals surface area contributed by atoms with E-state index in [1.807, 2.05) is 49.4 Å². The minimum atomic E-state index is -0.509. The molecule has 0 fully saturated rings. The first kappa shape index (κ1) is 27.4. The Kier molecular flexibility index (Phi) is 8.48. The molecule has 40 heavy (non-hydrogen) atoms. The molecule has 5 aromatic rings. The average molecular weight is 537 g/mol. The molecule has 0 saturated heterocycles. The summed E-state index contributed by atoms with van der Waals surface area (Å²) in [5.74, 6) is 1.05. The van der Waals surface area contributed by atoms with E-state index in [1.54, 1.807) is 11.8 Å². The van der Waals surface area contributed by atoms with Crippen LogP contribution in [0.15, 0.2) is 83.7 Å². The second-order valence-electron chi connectivity index (χ2n) is 10.5. The van der Waals surface area contributed by atoms with Crippen LogP contribution in [-0.2, 0) is 24.4 Å². The Morgan fingerprint density at radius 1 is 0.950 bits per heavy atom. The lowest BCUT2D eigenvalue weighted by Gasteiger charge is -2.31. The number of aryl methyl sites for hydroxylation is 1. The Bertz CT molecular complexity index is 1610. The molecule has 2 heterocycles. The van der Waals surface area contributed by atoms with Crippen LogP contribution in [0.5, 0.6) is 0 Å². The number of nitrogens with one attached hydrogen (secondary N) is 1. The summed E-state index contributed by atoms with van der Waals surface area (Å²) in [4.78, 5) is 19.2. The van der Waals surface area contributed by atoms with E-state index in [2.05, 4.69) is 75.7 Å². The molecule has 206 valence electrons. The molecule has 1 unspecified atom stereocenters. The van der Waals surface area contributed by atoms with Crippen LogP contribution in [-0.4, -0.2) is 43.8 Å². The van der Waals surface area contributed by atoms with Crippen molar-refractivity contribution in [3.63, 3.8) is 0 Å². The van der Waals surface area contributed by atoms with Crippen LogP contribution in [0.2, 0.25) is 0 Å². The minimum Gasteiger partial charge on any atom is -0.383 e. The average Bonchev–Trinajstić information content (AvgIpc) is 3.41. The summed E-state index contributed by atoms with van der Waals surface area (Å²) >= 11 is 0. The summed E-state index contributed by atoms with van der Waals surface area (Å²) < 4.78 is 7.08. The quantitative estimate of drug-likeness (QED) is 0.244. The number of ether oxygens (including phenoxy) is 1. The van der Waals surface area contributed by atoms with E-state index in [0.717, 1.165) is 27.6 Å². The van der Waals surface area contributed by atoms with E-state index in [9.17, 15) is 4.79 Å². The highest BCUT2D eigenvalue weighted by Gasteiger charge is 2.31. The third-order valence-corrected chi connectivity index (χ3v) is 7.35. The molecule has 0 bridgehead atoms. The monoisotopic (exact) mass is 536 g/mol. The Balaban J connectivity index is 1.67. The van der Waals surface area contributed by atoms with Gasteiger partial charge in [0.1, 0.15) is 6.04 Å². The zero-order chi connectivity index (χ0) is 28.1. The number of benzene rings is 3. The number of rotatable bonds is 11. The number of aromatic amines is 1. The minimum absolute atomic E-state index is 0.152. The zero-order valence-electron chi connectivity index (χ0n) is 23.5. The van der Waals surface area contributed by atoms with Crippen LogP contribution in [0.4, 0.5) is 0 Å². The van der Waals surface area contributed by atoms with Crippen molar-refractivity contribution in [2.24, 2.45) is 0 Å². The van der Waals surface area contributed by atoms with E-state index in [1.165, 1.54) is 5.56 Å². The van der Waals surface area contributed by atoms with Gasteiger partial charge in [-0.2, -0.15) is 0 Å². The third kappa shape index (κ3) is 6.03. The highest BCUT2D eigenvalue weighted by atomic mass is 16.5. The van der Waals surface area contributed by atoms with Crippen LogP contribution >= 0.6 is 0 Å². The first-order valence-corrected chi connectivity index (χ1v) is 13.7. The Morgan fingerprint density at radius 2 is 1.68 bits per heavy atom. The highest BCUT2D eigenvalue weighted by molar-refractivity contribution is 5.82. The summed E-state index contributed by atoms with van der Waals surface area (Å²) in [5.41, 5.74) is 5.88. The predicted molar refractivity (Wildman–Crippen MR) is 157 cm³/mol. The maximum absolute atomic E-state index is 13.8. The number of fused-ring (bicyclic) bond motifs is 1. The Hall–Kier alpha value is -4.14. The Morgan fingerprint density at radius 3 is 2.38 bits per heavy atom. The summed E-state index contributed by atoms with van der Waals surface area (Å²) in [6, 6.07) is 26.5. The van der Waals surface area contributed by atoms with Gasteiger partial charge in [-0.3, -0.25) is 9.69 Å². The lowest BCUT2D eigenvalue weighted by molar-refractivity contribution is 0.169. The van der Waals surface area contributed by atoms with Gasteiger partial charge in [0.15, 0.2) is 5.82 Å². The zero-order valence-corrected chi connectivity index (χ0v) is 23.5. The van der Waals surface area contributed by atoms with Crippen molar-refractivity contribution in [2.45, 2.75) is 52.4 Å². The molecule has 0 aliphatic carbocycles. The summed E-state index contributed by atoms with van der Waals surface area (Å²) in [6.07, 6.45) is 0. The van der Waals surface area contributed by atoms with Crippen LogP contribution in [0.3, 0.4) is 0 Å².